The number of fused-ring (bicyclic) bond motifs is 2. The third kappa shape index (κ3) is 3.44. The monoisotopic (exact) mass is 357 g/mol. The van der Waals surface area contributed by atoms with Gasteiger partial charge in [-0.3, -0.25) is 14.6 Å². The van der Waals surface area contributed by atoms with Gasteiger partial charge in [-0.15, -0.1) is 0 Å². The largest absolute Gasteiger partial charge is 0.325 e. The average Bonchev–Trinajstić information content (AvgIpc) is 2.68. The highest BCUT2D eigenvalue weighted by atomic mass is 16.2. The van der Waals surface area contributed by atoms with E-state index >= 15 is 0 Å². The molecule has 0 saturated heterocycles. The molecular weight excluding hydrogens is 338 g/mol. The molecule has 0 saturated carbocycles. The first kappa shape index (κ1) is 17.0. The van der Waals surface area contributed by atoms with Crippen LogP contribution in [0.4, 0.5) is 5.69 Å². The Morgan fingerprint density at radius 2 is 1.89 bits per heavy atom. The van der Waals surface area contributed by atoms with Crippen molar-refractivity contribution < 1.29 is 9.59 Å². The highest BCUT2D eigenvalue weighted by Gasteiger charge is 2.28. The van der Waals surface area contributed by atoms with Gasteiger partial charge in [0.15, 0.2) is 0 Å². The minimum atomic E-state index is -0.322. The maximum absolute atomic E-state index is 12.7. The predicted octanol–water partition coefficient (Wildman–Crippen LogP) is 4.14. The third-order valence-electron chi connectivity index (χ3n) is 4.72. The molecule has 0 radical (unpaired) electrons. The van der Waals surface area contributed by atoms with E-state index in [1.54, 1.807) is 17.3 Å². The molecule has 2 aromatic carbocycles. The van der Waals surface area contributed by atoms with Crippen LogP contribution < -0.4 is 5.32 Å². The molecule has 0 aliphatic carbocycles. The number of carbonyl (C=O) groups excluding carboxylic acids is 2. The van der Waals surface area contributed by atoms with Crippen LogP contribution in [-0.2, 0) is 9.59 Å². The summed E-state index contributed by atoms with van der Waals surface area (Å²) < 4.78 is 0. The Kier molecular flexibility index (Phi) is 4.42. The van der Waals surface area contributed by atoms with Crippen LogP contribution in [0.2, 0.25) is 0 Å². The lowest BCUT2D eigenvalue weighted by molar-refractivity contribution is -0.129. The number of amides is 2. The number of anilines is 1. The van der Waals surface area contributed by atoms with Crippen LogP contribution in [0, 0.1) is 0 Å². The molecule has 5 heteroatoms. The number of rotatable bonds is 3. The van der Waals surface area contributed by atoms with Crippen molar-refractivity contribution in [1.82, 2.24) is 9.88 Å². The van der Waals surface area contributed by atoms with Gasteiger partial charge in [0.05, 0.1) is 29.9 Å². The quantitative estimate of drug-likeness (QED) is 0.766. The van der Waals surface area contributed by atoms with Crippen molar-refractivity contribution in [3.8, 4) is 0 Å². The fraction of sp³-hybridized carbons (Fsp3) is 0.136. The van der Waals surface area contributed by atoms with Gasteiger partial charge in [0.1, 0.15) is 0 Å². The van der Waals surface area contributed by atoms with E-state index < -0.39 is 0 Å². The van der Waals surface area contributed by atoms with Crippen molar-refractivity contribution in [3.63, 3.8) is 0 Å². The standard InChI is InChI=1S/C22H19N3O2/c1-15(26)25-11-10-16-6-2-4-8-19(16)21(25)13-22(27)24-18-12-17-7-3-5-9-20(17)23-14-18/h2-12,14,21H,13H2,1H3,(H,24,27)/t21-/m0/s1. The average molecular weight is 357 g/mol. The number of carbonyl (C=O) groups is 2. The fourth-order valence-corrected chi connectivity index (χ4v) is 3.44. The van der Waals surface area contributed by atoms with Gasteiger partial charge >= 0.3 is 0 Å². The molecule has 1 aliphatic heterocycles. The Hall–Kier alpha value is -3.47. The molecule has 0 unspecified atom stereocenters. The number of hydrogen-bond donors (Lipinski definition) is 1. The molecule has 27 heavy (non-hydrogen) atoms. The van der Waals surface area contributed by atoms with E-state index in [-0.39, 0.29) is 24.3 Å². The van der Waals surface area contributed by atoms with E-state index in [4.69, 9.17) is 0 Å². The van der Waals surface area contributed by atoms with Crippen molar-refractivity contribution in [3.05, 3.63) is 78.1 Å². The van der Waals surface area contributed by atoms with E-state index in [0.717, 1.165) is 22.0 Å². The van der Waals surface area contributed by atoms with Gasteiger partial charge in [-0.2, -0.15) is 0 Å². The number of hydrogen-bond acceptors (Lipinski definition) is 3. The van der Waals surface area contributed by atoms with Crippen molar-refractivity contribution in [2.24, 2.45) is 0 Å². The topological polar surface area (TPSA) is 62.3 Å². The van der Waals surface area contributed by atoms with E-state index in [1.807, 2.05) is 60.7 Å². The van der Waals surface area contributed by atoms with E-state index in [9.17, 15) is 9.59 Å². The van der Waals surface area contributed by atoms with Crippen LogP contribution in [-0.4, -0.2) is 21.7 Å². The van der Waals surface area contributed by atoms with Crippen molar-refractivity contribution in [2.45, 2.75) is 19.4 Å². The smallest absolute Gasteiger partial charge is 0.226 e. The highest BCUT2D eigenvalue weighted by Crippen LogP contribution is 2.33. The van der Waals surface area contributed by atoms with Gasteiger partial charge in [0.25, 0.3) is 0 Å². The van der Waals surface area contributed by atoms with Gasteiger partial charge in [-0.1, -0.05) is 42.5 Å². The minimum absolute atomic E-state index is 0.0917. The Labute approximate surface area is 157 Å². The van der Waals surface area contributed by atoms with Crippen molar-refractivity contribution in [2.75, 3.05) is 5.32 Å². The molecule has 1 N–H and O–H groups in total. The molecule has 2 heterocycles. The van der Waals surface area contributed by atoms with Gasteiger partial charge in [0, 0.05) is 18.5 Å². The summed E-state index contributed by atoms with van der Waals surface area (Å²) in [6.45, 7) is 1.51. The number of para-hydroxylation sites is 1. The third-order valence-corrected chi connectivity index (χ3v) is 4.72. The summed E-state index contributed by atoms with van der Waals surface area (Å²) >= 11 is 0. The molecule has 1 aromatic heterocycles. The Bertz CT molecular complexity index is 1060. The number of benzene rings is 2. The maximum Gasteiger partial charge on any atom is 0.226 e. The molecule has 0 spiro atoms. The molecule has 0 fully saturated rings. The van der Waals surface area contributed by atoms with E-state index in [1.165, 1.54) is 6.92 Å². The van der Waals surface area contributed by atoms with Crippen molar-refractivity contribution >= 4 is 34.5 Å². The van der Waals surface area contributed by atoms with Gasteiger partial charge in [-0.25, -0.2) is 0 Å². The van der Waals surface area contributed by atoms with Crippen LogP contribution >= 0.6 is 0 Å². The molecular formula is C22H19N3O2. The molecule has 1 aliphatic rings. The SMILES string of the molecule is CC(=O)N1C=Cc2ccccc2[C@@H]1CC(=O)Nc1cnc2ccccc2c1. The summed E-state index contributed by atoms with van der Waals surface area (Å²) in [7, 11) is 0. The zero-order valence-electron chi connectivity index (χ0n) is 14.9. The second-order valence-corrected chi connectivity index (χ2v) is 6.56. The van der Waals surface area contributed by atoms with Crippen LogP contribution in [0.1, 0.15) is 30.5 Å². The van der Waals surface area contributed by atoms with Gasteiger partial charge in [-0.05, 0) is 29.3 Å². The first-order valence-corrected chi connectivity index (χ1v) is 8.82. The molecule has 2 amide bonds. The Morgan fingerprint density at radius 1 is 1.11 bits per heavy atom. The second-order valence-electron chi connectivity index (χ2n) is 6.56. The van der Waals surface area contributed by atoms with Gasteiger partial charge in [0.2, 0.25) is 11.8 Å². The lowest BCUT2D eigenvalue weighted by Gasteiger charge is -2.32. The number of aromatic nitrogens is 1. The van der Waals surface area contributed by atoms with Crippen LogP contribution in [0.3, 0.4) is 0 Å². The Balaban J connectivity index is 1.56. The maximum atomic E-state index is 12.7. The molecule has 3 aromatic rings. The number of nitrogens with zero attached hydrogens (tertiary/aromatic N) is 2. The zero-order valence-corrected chi connectivity index (χ0v) is 14.9. The summed E-state index contributed by atoms with van der Waals surface area (Å²) in [5, 5.41) is 3.87. The molecule has 0 bridgehead atoms. The molecule has 4 rings (SSSR count). The minimum Gasteiger partial charge on any atom is -0.325 e. The summed E-state index contributed by atoms with van der Waals surface area (Å²) in [4.78, 5) is 30.7. The number of nitrogens with one attached hydrogen (secondary N) is 1. The Morgan fingerprint density at radius 3 is 2.74 bits per heavy atom. The molecule has 5 nitrogen and oxygen atoms in total. The normalized spacial score (nSPS) is 15.4. The predicted molar refractivity (Wildman–Crippen MR) is 106 cm³/mol. The summed E-state index contributed by atoms with van der Waals surface area (Å²) in [5.74, 6) is -0.251. The summed E-state index contributed by atoms with van der Waals surface area (Å²) in [6.07, 6.45) is 5.48. The first-order valence-electron chi connectivity index (χ1n) is 8.82. The first-order chi connectivity index (χ1) is 13.1. The number of pyridine rings is 1. The molecule has 1 atom stereocenters. The van der Waals surface area contributed by atoms with E-state index in [0.29, 0.717) is 5.69 Å². The summed E-state index contributed by atoms with van der Waals surface area (Å²) in [6, 6.07) is 17.2. The second kappa shape index (κ2) is 7.03. The van der Waals surface area contributed by atoms with Crippen LogP contribution in [0.25, 0.3) is 17.0 Å². The van der Waals surface area contributed by atoms with Crippen LogP contribution in [0.15, 0.2) is 67.0 Å². The van der Waals surface area contributed by atoms with Crippen LogP contribution in [0.5, 0.6) is 0 Å². The van der Waals surface area contributed by atoms with Gasteiger partial charge < -0.3 is 10.2 Å². The highest BCUT2D eigenvalue weighted by molar-refractivity contribution is 5.94. The zero-order chi connectivity index (χ0) is 18.8. The lowest BCUT2D eigenvalue weighted by Crippen LogP contribution is -2.33. The van der Waals surface area contributed by atoms with Crippen molar-refractivity contribution in [1.29, 1.82) is 0 Å². The summed E-state index contributed by atoms with van der Waals surface area (Å²) in [5.41, 5.74) is 3.53. The lowest BCUT2D eigenvalue weighted by atomic mass is 9.93. The fourth-order valence-electron chi connectivity index (χ4n) is 3.44. The van der Waals surface area contributed by atoms with E-state index in [2.05, 4.69) is 10.3 Å². The molecule has 134 valence electrons.